The number of aromatic hydroxyl groups is 2. The number of azo groups is 1. The van der Waals surface area contributed by atoms with E-state index in [1.54, 1.807) is 0 Å². The Morgan fingerprint density at radius 3 is 2.45 bits per heavy atom. The van der Waals surface area contributed by atoms with Gasteiger partial charge in [-0.2, -0.15) is 0 Å². The van der Waals surface area contributed by atoms with E-state index in [0.717, 1.165) is 12.8 Å². The monoisotopic (exact) mass is 303 g/mol. The highest BCUT2D eigenvalue weighted by atomic mass is 16.3. The first-order valence-electron chi connectivity index (χ1n) is 6.96. The third kappa shape index (κ3) is 2.98. The molecule has 0 unspecified atom stereocenters. The molecular weight excluding hydrogens is 286 g/mol. The maximum absolute atomic E-state index is 11.8. The fourth-order valence-electron chi connectivity index (χ4n) is 2.15. The summed E-state index contributed by atoms with van der Waals surface area (Å²) in [6.07, 6.45) is 1.73. The molecule has 0 aliphatic heterocycles. The van der Waals surface area contributed by atoms with Gasteiger partial charge in [-0.25, -0.2) is 0 Å². The Hall–Kier alpha value is -2.70. The average molecular weight is 303 g/mol. The highest BCUT2D eigenvalue weighted by Gasteiger charge is 2.17. The van der Waals surface area contributed by atoms with E-state index in [0.29, 0.717) is 17.3 Å². The molecule has 0 radical (unpaired) electrons. The lowest BCUT2D eigenvalue weighted by atomic mass is 10.1. The van der Waals surface area contributed by atoms with Gasteiger partial charge in [0.2, 0.25) is 11.8 Å². The zero-order valence-corrected chi connectivity index (χ0v) is 12.4. The van der Waals surface area contributed by atoms with E-state index >= 15 is 0 Å². The summed E-state index contributed by atoms with van der Waals surface area (Å²) in [5, 5.41) is 27.6. The Morgan fingerprint density at radius 2 is 1.82 bits per heavy atom. The molecule has 0 aliphatic rings. The number of nitrogens with zero attached hydrogens (tertiary/aromatic N) is 3. The van der Waals surface area contributed by atoms with Gasteiger partial charge >= 0.3 is 0 Å². The number of benzene rings is 1. The van der Waals surface area contributed by atoms with Gasteiger partial charge in [0, 0.05) is 29.8 Å². The molecule has 2 aromatic rings. The van der Waals surface area contributed by atoms with Crippen molar-refractivity contribution >= 4 is 22.6 Å². The zero-order valence-electron chi connectivity index (χ0n) is 12.4. The van der Waals surface area contributed by atoms with Crippen LogP contribution in [0.4, 0.5) is 0 Å². The number of hydrogen-bond donors (Lipinski definition) is 2. The van der Waals surface area contributed by atoms with E-state index < -0.39 is 11.8 Å². The number of unbranched alkanes of at least 4 members (excludes halogenated alkanes) is 1. The highest BCUT2D eigenvalue weighted by molar-refractivity contribution is 6.02. The van der Waals surface area contributed by atoms with E-state index in [4.69, 9.17) is 0 Å². The van der Waals surface area contributed by atoms with E-state index in [2.05, 4.69) is 10.2 Å². The van der Waals surface area contributed by atoms with Crippen molar-refractivity contribution in [3.63, 3.8) is 0 Å². The van der Waals surface area contributed by atoms with Gasteiger partial charge in [0.1, 0.15) is 0 Å². The molecule has 0 saturated heterocycles. The van der Waals surface area contributed by atoms with Crippen LogP contribution in [-0.4, -0.2) is 26.6 Å². The van der Waals surface area contributed by atoms with Crippen molar-refractivity contribution in [2.45, 2.75) is 33.2 Å². The van der Waals surface area contributed by atoms with Crippen LogP contribution in [0.3, 0.4) is 0 Å². The van der Waals surface area contributed by atoms with Crippen molar-refractivity contribution in [2.75, 3.05) is 0 Å². The van der Waals surface area contributed by atoms with Crippen molar-refractivity contribution in [3.8, 4) is 11.8 Å². The first-order valence-corrected chi connectivity index (χ1v) is 6.96. The van der Waals surface area contributed by atoms with Crippen LogP contribution in [0.5, 0.6) is 11.8 Å². The number of carbonyl (C=O) groups is 2. The lowest BCUT2D eigenvalue weighted by Crippen LogP contribution is -1.95. The zero-order chi connectivity index (χ0) is 16.3. The van der Waals surface area contributed by atoms with Crippen LogP contribution in [0.25, 0.3) is 10.8 Å². The van der Waals surface area contributed by atoms with Gasteiger partial charge in [-0.1, -0.05) is 13.3 Å². The second kappa shape index (κ2) is 6.38. The molecule has 22 heavy (non-hydrogen) atoms. The molecule has 7 heteroatoms. The summed E-state index contributed by atoms with van der Waals surface area (Å²) in [5.41, 5.74) is 0.181. The number of aromatic nitrogens is 1. The van der Waals surface area contributed by atoms with Gasteiger partial charge < -0.3 is 10.2 Å². The summed E-state index contributed by atoms with van der Waals surface area (Å²) in [7, 11) is 0. The normalized spacial score (nSPS) is 11.4. The predicted octanol–water partition coefficient (Wildman–Crippen LogP) is 2.99. The van der Waals surface area contributed by atoms with Crippen LogP contribution in [0, 0.1) is 0 Å². The average Bonchev–Trinajstić information content (AvgIpc) is 2.74. The molecule has 2 rings (SSSR count). The Balaban J connectivity index is 2.44. The molecule has 0 aliphatic carbocycles. The van der Waals surface area contributed by atoms with Crippen molar-refractivity contribution < 1.29 is 19.8 Å². The van der Waals surface area contributed by atoms with Gasteiger partial charge in [0.05, 0.1) is 0 Å². The summed E-state index contributed by atoms with van der Waals surface area (Å²) in [6, 6.07) is 4.42. The second-order valence-corrected chi connectivity index (χ2v) is 4.94. The maximum atomic E-state index is 11.8. The van der Waals surface area contributed by atoms with Crippen LogP contribution >= 0.6 is 0 Å². The minimum atomic E-state index is -0.683. The first kappa shape index (κ1) is 15.7. The van der Waals surface area contributed by atoms with E-state index in [-0.39, 0.29) is 17.3 Å². The van der Waals surface area contributed by atoms with Crippen LogP contribution in [0.2, 0.25) is 0 Å². The summed E-state index contributed by atoms with van der Waals surface area (Å²) in [6.45, 7) is 3.68. The largest absolute Gasteiger partial charge is 0.494 e. The minimum absolute atomic E-state index is 0.0367. The van der Waals surface area contributed by atoms with Crippen LogP contribution in [0.1, 0.15) is 37.0 Å². The van der Waals surface area contributed by atoms with Crippen molar-refractivity contribution in [1.29, 1.82) is 0 Å². The van der Waals surface area contributed by atoms with E-state index in [1.165, 1.54) is 29.7 Å². The molecule has 0 bridgehead atoms. The van der Waals surface area contributed by atoms with Crippen molar-refractivity contribution in [3.05, 3.63) is 23.8 Å². The number of fused-ring (bicyclic) bond motifs is 1. The van der Waals surface area contributed by atoms with Gasteiger partial charge in [-0.3, -0.25) is 14.2 Å². The maximum Gasteiger partial charge on any atom is 0.295 e. The van der Waals surface area contributed by atoms with Crippen molar-refractivity contribution in [2.24, 2.45) is 10.2 Å². The lowest BCUT2D eigenvalue weighted by molar-refractivity contribution is -0.116. The molecule has 1 aromatic carbocycles. The smallest absolute Gasteiger partial charge is 0.295 e. The molecule has 0 fully saturated rings. The van der Waals surface area contributed by atoms with Crippen molar-refractivity contribution in [1.82, 2.24) is 4.57 Å². The molecule has 2 amide bonds. The number of carbonyl (C=O) groups excluding carboxylic acids is 2. The quantitative estimate of drug-likeness (QED) is 0.847. The summed E-state index contributed by atoms with van der Waals surface area (Å²) >= 11 is 0. The standard InChI is InChI=1S/C15H17N3O4/c1-3-4-7-18-14(21)11-6-5-10(8-12(11)15(18)22)13(20)17-16-9(2)19/h5-6,8,21-22H,3-4,7H2,1-2H3. The fourth-order valence-corrected chi connectivity index (χ4v) is 2.15. The predicted molar refractivity (Wildman–Crippen MR) is 80.0 cm³/mol. The molecule has 116 valence electrons. The van der Waals surface area contributed by atoms with Gasteiger partial charge in [0.15, 0.2) is 0 Å². The minimum Gasteiger partial charge on any atom is -0.494 e. The topological polar surface area (TPSA) is 104 Å². The molecule has 1 heterocycles. The number of amides is 2. The Labute approximate surface area is 126 Å². The van der Waals surface area contributed by atoms with E-state index in [1.807, 2.05) is 6.92 Å². The van der Waals surface area contributed by atoms with Crippen LogP contribution in [0.15, 0.2) is 28.4 Å². The Kier molecular flexibility index (Phi) is 4.55. The lowest BCUT2D eigenvalue weighted by Gasteiger charge is -2.04. The molecule has 0 atom stereocenters. The van der Waals surface area contributed by atoms with Crippen LogP contribution in [-0.2, 0) is 11.3 Å². The van der Waals surface area contributed by atoms with E-state index in [9.17, 15) is 19.8 Å². The molecular formula is C15H17N3O4. The number of hydrogen-bond acceptors (Lipinski definition) is 4. The molecule has 0 saturated carbocycles. The second-order valence-electron chi connectivity index (χ2n) is 4.94. The Morgan fingerprint density at radius 1 is 1.14 bits per heavy atom. The third-order valence-electron chi connectivity index (χ3n) is 3.28. The summed E-state index contributed by atoms with van der Waals surface area (Å²) in [5.74, 6) is -1.39. The van der Waals surface area contributed by atoms with Crippen LogP contribution < -0.4 is 0 Å². The summed E-state index contributed by atoms with van der Waals surface area (Å²) < 4.78 is 1.40. The molecule has 0 spiro atoms. The third-order valence-corrected chi connectivity index (χ3v) is 3.28. The summed E-state index contributed by atoms with van der Waals surface area (Å²) in [4.78, 5) is 22.5. The fraction of sp³-hybridized carbons (Fsp3) is 0.333. The molecule has 2 N–H and O–H groups in total. The molecule has 7 nitrogen and oxygen atoms in total. The first-order chi connectivity index (χ1) is 10.5. The van der Waals surface area contributed by atoms with Gasteiger partial charge in [0.25, 0.3) is 11.8 Å². The van der Waals surface area contributed by atoms with Gasteiger partial charge in [-0.05, 0) is 24.6 Å². The SMILES string of the molecule is CCCCn1c(O)c2ccc(C(=O)N=NC(C)=O)cc2c1O. The Bertz CT molecular complexity index is 762. The highest BCUT2D eigenvalue weighted by Crippen LogP contribution is 2.37. The number of rotatable bonds is 4. The van der Waals surface area contributed by atoms with Gasteiger partial charge in [-0.15, -0.1) is 10.2 Å². The molecule has 1 aromatic heterocycles.